The number of fused-ring (bicyclic) bond motifs is 5. The Morgan fingerprint density at radius 1 is 0.800 bits per heavy atom. The molecule has 50 heavy (non-hydrogen) atoms. The topological polar surface area (TPSA) is 52.6 Å². The summed E-state index contributed by atoms with van der Waals surface area (Å²) in [7, 11) is 0. The molecule has 3 fully saturated rings. The maximum absolute atomic E-state index is 12.6. The highest BCUT2D eigenvalue weighted by Crippen LogP contribution is 2.67. The fourth-order valence-corrected chi connectivity index (χ4v) is 11.4. The fraction of sp³-hybridized carbons (Fsp3) is 0.870. The first kappa shape index (κ1) is 41.2. The highest BCUT2D eigenvalue weighted by Gasteiger charge is 2.59. The predicted octanol–water partition coefficient (Wildman–Crippen LogP) is 14.1. The molecule has 0 N–H and O–H groups in total. The third-order valence-corrected chi connectivity index (χ3v) is 14.4. The normalized spacial score (nSPS) is 31.2. The Balaban J connectivity index is 1.11. The number of carbonyl (C=O) groups is 2. The highest BCUT2D eigenvalue weighted by atomic mass is 16.7. The van der Waals surface area contributed by atoms with E-state index in [-0.39, 0.29) is 11.5 Å². The lowest BCUT2D eigenvalue weighted by atomic mass is 9.47. The number of esters is 1. The van der Waals surface area contributed by atoms with Crippen LogP contribution in [0.15, 0.2) is 23.8 Å². The lowest BCUT2D eigenvalue weighted by Crippen LogP contribution is -2.51. The van der Waals surface area contributed by atoms with Gasteiger partial charge in [0, 0.05) is 12.8 Å². The van der Waals surface area contributed by atoms with Crippen molar-refractivity contribution in [2.45, 2.75) is 208 Å². The maximum atomic E-state index is 12.6. The molecule has 4 heteroatoms. The molecule has 4 aliphatic carbocycles. The van der Waals surface area contributed by atoms with Crippen molar-refractivity contribution < 1.29 is 19.1 Å². The van der Waals surface area contributed by atoms with Crippen LogP contribution in [0.1, 0.15) is 202 Å². The van der Waals surface area contributed by atoms with Gasteiger partial charge in [-0.05, 0) is 123 Å². The molecular weight excluding hydrogens is 617 g/mol. The van der Waals surface area contributed by atoms with E-state index in [1.165, 1.54) is 115 Å². The van der Waals surface area contributed by atoms with Gasteiger partial charge in [-0.1, -0.05) is 136 Å². The van der Waals surface area contributed by atoms with Crippen molar-refractivity contribution in [2.24, 2.45) is 46.3 Å². The second kappa shape index (κ2) is 20.6. The Bertz CT molecular complexity index is 1090. The maximum Gasteiger partial charge on any atom is 0.516 e. The van der Waals surface area contributed by atoms with E-state index in [1.807, 2.05) is 0 Å². The predicted molar refractivity (Wildman–Crippen MR) is 209 cm³/mol. The van der Waals surface area contributed by atoms with Crippen LogP contribution in [0, 0.1) is 46.3 Å². The van der Waals surface area contributed by atoms with Crippen molar-refractivity contribution in [3.63, 3.8) is 0 Å². The lowest BCUT2D eigenvalue weighted by Gasteiger charge is -2.58. The summed E-state index contributed by atoms with van der Waals surface area (Å²) in [6, 6.07) is 0. The monoisotopic (exact) mass is 695 g/mol. The molecule has 4 rings (SSSR count). The van der Waals surface area contributed by atoms with Gasteiger partial charge < -0.3 is 9.47 Å². The Morgan fingerprint density at radius 3 is 2.18 bits per heavy atom. The molecule has 0 saturated heterocycles. The first-order chi connectivity index (χ1) is 24.1. The van der Waals surface area contributed by atoms with Gasteiger partial charge in [0.1, 0.15) is 6.10 Å². The van der Waals surface area contributed by atoms with E-state index in [2.05, 4.69) is 59.8 Å². The Morgan fingerprint density at radius 2 is 1.48 bits per heavy atom. The van der Waals surface area contributed by atoms with Crippen LogP contribution in [0.5, 0.6) is 0 Å². The molecule has 286 valence electrons. The number of allylic oxidation sites excluding steroid dienone is 3. The van der Waals surface area contributed by atoms with Crippen LogP contribution in [-0.2, 0) is 14.3 Å². The molecule has 0 spiro atoms. The molecule has 0 aliphatic heterocycles. The zero-order valence-corrected chi connectivity index (χ0v) is 33.6. The third kappa shape index (κ3) is 11.5. The summed E-state index contributed by atoms with van der Waals surface area (Å²) in [5.74, 6) is 4.49. The number of rotatable bonds is 21. The van der Waals surface area contributed by atoms with E-state index in [9.17, 15) is 9.59 Å². The van der Waals surface area contributed by atoms with E-state index in [0.29, 0.717) is 11.8 Å². The smallest absolute Gasteiger partial charge is 0.430 e. The standard InChI is InChI=1S/C46H78O4/c1-7-8-9-10-11-12-13-14-15-16-17-18-19-20-21-25-43(47)50-44(48)49-38-30-32-45(5)37(34-38)26-27-39-41-29-28-40(36(4)24-22-23-35(2)3)46(41,6)33-31-42(39)45/h14-15,26,35-36,38-42H,7-13,16-25,27-34H2,1-6H3/t36-,38?,39?,40-,41?,42?,45+,46-/m1/s1. The third-order valence-electron chi connectivity index (χ3n) is 14.4. The first-order valence-corrected chi connectivity index (χ1v) is 21.8. The molecule has 4 aliphatic rings. The summed E-state index contributed by atoms with van der Waals surface area (Å²) in [6.07, 6.45) is 36.0. The summed E-state index contributed by atoms with van der Waals surface area (Å²) in [5.41, 5.74) is 2.22. The molecule has 4 nitrogen and oxygen atoms in total. The van der Waals surface area contributed by atoms with Gasteiger partial charge in [-0.2, -0.15) is 0 Å². The van der Waals surface area contributed by atoms with E-state index in [1.54, 1.807) is 0 Å². The van der Waals surface area contributed by atoms with Crippen molar-refractivity contribution in [3.05, 3.63) is 23.8 Å². The lowest BCUT2D eigenvalue weighted by molar-refractivity contribution is -0.141. The van der Waals surface area contributed by atoms with Gasteiger partial charge in [0.15, 0.2) is 0 Å². The van der Waals surface area contributed by atoms with Crippen molar-refractivity contribution in [1.82, 2.24) is 0 Å². The molecule has 0 aromatic rings. The van der Waals surface area contributed by atoms with Crippen LogP contribution in [0.3, 0.4) is 0 Å². The average Bonchev–Trinajstić information content (AvgIpc) is 3.43. The Labute approximate surface area is 308 Å². The van der Waals surface area contributed by atoms with Gasteiger partial charge in [0.05, 0.1) is 0 Å². The average molecular weight is 695 g/mol. The molecule has 0 heterocycles. The molecule has 3 saturated carbocycles. The molecule has 0 aromatic carbocycles. The van der Waals surface area contributed by atoms with E-state index in [0.717, 1.165) is 80.5 Å². The zero-order chi connectivity index (χ0) is 36.0. The number of hydrogen-bond donors (Lipinski definition) is 0. The van der Waals surface area contributed by atoms with Crippen LogP contribution >= 0.6 is 0 Å². The summed E-state index contributed by atoms with van der Waals surface area (Å²) in [6.45, 7) is 14.7. The van der Waals surface area contributed by atoms with E-state index in [4.69, 9.17) is 9.47 Å². The molecular formula is C46H78O4. The van der Waals surface area contributed by atoms with Crippen LogP contribution in [0.4, 0.5) is 4.79 Å². The van der Waals surface area contributed by atoms with Crippen LogP contribution in [-0.4, -0.2) is 18.2 Å². The van der Waals surface area contributed by atoms with Crippen LogP contribution in [0.2, 0.25) is 0 Å². The van der Waals surface area contributed by atoms with Gasteiger partial charge in [-0.25, -0.2) is 4.79 Å². The van der Waals surface area contributed by atoms with Crippen LogP contribution < -0.4 is 0 Å². The number of hydrogen-bond acceptors (Lipinski definition) is 4. The Kier molecular flexibility index (Phi) is 17.0. The quantitative estimate of drug-likeness (QED) is 0.0519. The van der Waals surface area contributed by atoms with Crippen molar-refractivity contribution in [2.75, 3.05) is 0 Å². The zero-order valence-electron chi connectivity index (χ0n) is 33.6. The minimum Gasteiger partial charge on any atom is -0.430 e. The summed E-state index contributed by atoms with van der Waals surface area (Å²) >= 11 is 0. The molecule has 0 bridgehead atoms. The van der Waals surface area contributed by atoms with Gasteiger partial charge in [-0.15, -0.1) is 0 Å². The minimum atomic E-state index is -0.793. The van der Waals surface area contributed by atoms with Crippen LogP contribution in [0.25, 0.3) is 0 Å². The Hall–Kier alpha value is -1.58. The summed E-state index contributed by atoms with van der Waals surface area (Å²) < 4.78 is 10.9. The molecule has 0 aromatic heterocycles. The van der Waals surface area contributed by atoms with Crippen molar-refractivity contribution >= 4 is 12.1 Å². The largest absolute Gasteiger partial charge is 0.516 e. The minimum absolute atomic E-state index is 0.178. The van der Waals surface area contributed by atoms with E-state index < -0.39 is 12.1 Å². The van der Waals surface area contributed by atoms with Gasteiger partial charge >= 0.3 is 12.1 Å². The van der Waals surface area contributed by atoms with Gasteiger partial charge in [0.25, 0.3) is 0 Å². The van der Waals surface area contributed by atoms with Crippen molar-refractivity contribution in [1.29, 1.82) is 0 Å². The number of unbranched alkanes of at least 4 members (excludes halogenated alkanes) is 11. The van der Waals surface area contributed by atoms with Gasteiger partial charge in [0.2, 0.25) is 0 Å². The first-order valence-electron chi connectivity index (χ1n) is 21.8. The number of ether oxygens (including phenoxy) is 2. The van der Waals surface area contributed by atoms with Crippen molar-refractivity contribution in [3.8, 4) is 0 Å². The fourth-order valence-electron chi connectivity index (χ4n) is 11.4. The van der Waals surface area contributed by atoms with E-state index >= 15 is 0 Å². The second-order valence-electron chi connectivity index (χ2n) is 18.3. The SMILES string of the molecule is CCCCCCCCC=CCCCCCCCC(=O)OC(=O)OC1CC[C@@]2(C)C(=CCC3C2CC[C@@]2(C)C3CC[C@@H]2[C@H](C)CCCC(C)C)C1. The molecule has 4 unspecified atom stereocenters. The highest BCUT2D eigenvalue weighted by molar-refractivity contribution is 5.81. The van der Waals surface area contributed by atoms with Gasteiger partial charge in [-0.3, -0.25) is 4.79 Å². The molecule has 8 atom stereocenters. The molecule has 0 amide bonds. The number of carbonyl (C=O) groups excluding carboxylic acids is 2. The molecule has 0 radical (unpaired) electrons. The summed E-state index contributed by atoms with van der Waals surface area (Å²) in [5, 5.41) is 0. The second-order valence-corrected chi connectivity index (χ2v) is 18.3. The summed E-state index contributed by atoms with van der Waals surface area (Å²) in [4.78, 5) is 25.0.